The monoisotopic (exact) mass is 323 g/mol. The predicted octanol–water partition coefficient (Wildman–Crippen LogP) is 2.06. The van der Waals surface area contributed by atoms with Gasteiger partial charge in [0.25, 0.3) is 0 Å². The van der Waals surface area contributed by atoms with Gasteiger partial charge in [-0.25, -0.2) is 0 Å². The highest BCUT2D eigenvalue weighted by atomic mass is 16.5. The van der Waals surface area contributed by atoms with Crippen LogP contribution < -0.4 is 5.32 Å². The Kier molecular flexibility index (Phi) is 5.09. The molecular formula is C18H29NO4. The fourth-order valence-corrected chi connectivity index (χ4v) is 4.43. The minimum absolute atomic E-state index is 0.0576. The van der Waals surface area contributed by atoms with Crippen LogP contribution in [0.2, 0.25) is 0 Å². The molecule has 0 radical (unpaired) electrons. The molecule has 1 amide bonds. The first kappa shape index (κ1) is 16.9. The molecule has 5 nitrogen and oxygen atoms in total. The molecule has 3 rings (SSSR count). The largest absolute Gasteiger partial charge is 0.381 e. The van der Waals surface area contributed by atoms with Crippen molar-refractivity contribution in [1.82, 2.24) is 5.32 Å². The van der Waals surface area contributed by atoms with E-state index in [-0.39, 0.29) is 35.5 Å². The molecule has 2 aliphatic heterocycles. The lowest BCUT2D eigenvalue weighted by Gasteiger charge is -2.57. The second-order valence-electron chi connectivity index (χ2n) is 7.12. The molecule has 2 heterocycles. The van der Waals surface area contributed by atoms with E-state index >= 15 is 0 Å². The second kappa shape index (κ2) is 6.91. The lowest BCUT2D eigenvalue weighted by atomic mass is 9.57. The summed E-state index contributed by atoms with van der Waals surface area (Å²) in [6, 6.07) is 0.196. The Balaban J connectivity index is 1.65. The topological polar surface area (TPSA) is 56.8 Å². The fraction of sp³-hybridized carbons (Fsp3) is 0.833. The first-order valence-electron chi connectivity index (χ1n) is 8.85. The molecule has 5 heteroatoms. The van der Waals surface area contributed by atoms with Crippen LogP contribution in [0.3, 0.4) is 0 Å². The van der Waals surface area contributed by atoms with Gasteiger partial charge < -0.3 is 19.5 Å². The van der Waals surface area contributed by atoms with Gasteiger partial charge in [-0.05, 0) is 39.5 Å². The summed E-state index contributed by atoms with van der Waals surface area (Å²) >= 11 is 0. The standard InChI is InChI=1S/C18H29NO4/c1-4-22-15-11-14(18(15)6-9-21-10-7-18)19-17(20)13-5-8-23-16(13)12(2)3/h13-16H,2,4-11H2,1,3H3,(H,19,20)/t13-,14-,15+,16-/m1/s1. The number of rotatable bonds is 5. The van der Waals surface area contributed by atoms with E-state index in [9.17, 15) is 4.79 Å². The van der Waals surface area contributed by atoms with Gasteiger partial charge in [-0.3, -0.25) is 4.79 Å². The van der Waals surface area contributed by atoms with Crippen LogP contribution in [0.25, 0.3) is 0 Å². The summed E-state index contributed by atoms with van der Waals surface area (Å²) in [6.45, 7) is 10.8. The van der Waals surface area contributed by atoms with Crippen molar-refractivity contribution in [2.75, 3.05) is 26.4 Å². The van der Waals surface area contributed by atoms with E-state index in [1.165, 1.54) is 0 Å². The molecule has 1 saturated carbocycles. The van der Waals surface area contributed by atoms with E-state index in [1.807, 2.05) is 13.8 Å². The van der Waals surface area contributed by atoms with Gasteiger partial charge in [0.1, 0.15) is 0 Å². The van der Waals surface area contributed by atoms with Crippen LogP contribution in [-0.4, -0.2) is 50.6 Å². The number of ether oxygens (including phenoxy) is 3. The second-order valence-corrected chi connectivity index (χ2v) is 7.12. The van der Waals surface area contributed by atoms with Crippen molar-refractivity contribution in [3.63, 3.8) is 0 Å². The number of hydrogen-bond acceptors (Lipinski definition) is 4. The zero-order valence-electron chi connectivity index (χ0n) is 14.3. The van der Waals surface area contributed by atoms with Crippen molar-refractivity contribution >= 4 is 5.91 Å². The summed E-state index contributed by atoms with van der Waals surface area (Å²) in [5, 5.41) is 3.30. The molecule has 1 N–H and O–H groups in total. The highest BCUT2D eigenvalue weighted by Gasteiger charge is 2.57. The average Bonchev–Trinajstić information content (AvgIpc) is 3.04. The Morgan fingerprint density at radius 3 is 2.74 bits per heavy atom. The van der Waals surface area contributed by atoms with Gasteiger partial charge in [0, 0.05) is 37.9 Å². The zero-order valence-corrected chi connectivity index (χ0v) is 14.3. The highest BCUT2D eigenvalue weighted by Crippen LogP contribution is 2.50. The molecule has 0 aromatic carbocycles. The van der Waals surface area contributed by atoms with Crippen LogP contribution in [0, 0.1) is 11.3 Å². The summed E-state index contributed by atoms with van der Waals surface area (Å²) in [4.78, 5) is 12.7. The molecule has 4 atom stereocenters. The molecule has 1 aliphatic carbocycles. The molecule has 1 spiro atoms. The highest BCUT2D eigenvalue weighted by molar-refractivity contribution is 5.80. The maximum Gasteiger partial charge on any atom is 0.226 e. The molecule has 130 valence electrons. The van der Waals surface area contributed by atoms with Gasteiger partial charge in [-0.2, -0.15) is 0 Å². The number of nitrogens with one attached hydrogen (secondary N) is 1. The van der Waals surface area contributed by atoms with E-state index in [0.29, 0.717) is 6.61 Å². The maximum atomic E-state index is 12.7. The fourth-order valence-electron chi connectivity index (χ4n) is 4.43. The first-order valence-corrected chi connectivity index (χ1v) is 8.85. The van der Waals surface area contributed by atoms with Crippen molar-refractivity contribution in [2.45, 2.75) is 57.8 Å². The summed E-state index contributed by atoms with van der Waals surface area (Å²) in [7, 11) is 0. The van der Waals surface area contributed by atoms with Crippen molar-refractivity contribution in [3.05, 3.63) is 12.2 Å². The van der Waals surface area contributed by atoms with Crippen LogP contribution in [-0.2, 0) is 19.0 Å². The zero-order chi connectivity index (χ0) is 16.4. The van der Waals surface area contributed by atoms with Gasteiger partial charge in [-0.15, -0.1) is 0 Å². The van der Waals surface area contributed by atoms with E-state index in [1.54, 1.807) is 0 Å². The average molecular weight is 323 g/mol. The van der Waals surface area contributed by atoms with Crippen LogP contribution in [0.15, 0.2) is 12.2 Å². The molecule has 3 aliphatic rings. The Bertz CT molecular complexity index is 458. The van der Waals surface area contributed by atoms with Crippen LogP contribution >= 0.6 is 0 Å². The van der Waals surface area contributed by atoms with Crippen molar-refractivity contribution < 1.29 is 19.0 Å². The third-order valence-electron chi connectivity index (χ3n) is 5.81. The number of carbonyl (C=O) groups excluding carboxylic acids is 1. The normalized spacial score (nSPS) is 35.7. The third kappa shape index (κ3) is 3.06. The van der Waals surface area contributed by atoms with Crippen LogP contribution in [0.1, 0.15) is 39.5 Å². The van der Waals surface area contributed by atoms with Gasteiger partial charge >= 0.3 is 0 Å². The Morgan fingerprint density at radius 1 is 1.35 bits per heavy atom. The van der Waals surface area contributed by atoms with Gasteiger partial charge in [0.05, 0.1) is 18.1 Å². The van der Waals surface area contributed by atoms with Crippen molar-refractivity contribution in [1.29, 1.82) is 0 Å². The minimum atomic E-state index is -0.136. The summed E-state index contributed by atoms with van der Waals surface area (Å²) < 4.78 is 17.1. The van der Waals surface area contributed by atoms with Crippen LogP contribution in [0.4, 0.5) is 0 Å². The van der Waals surface area contributed by atoms with Crippen LogP contribution in [0.5, 0.6) is 0 Å². The minimum Gasteiger partial charge on any atom is -0.381 e. The molecule has 0 aromatic heterocycles. The molecule has 0 aromatic rings. The lowest BCUT2D eigenvalue weighted by molar-refractivity contribution is -0.176. The first-order chi connectivity index (χ1) is 11.1. The lowest BCUT2D eigenvalue weighted by Crippen LogP contribution is -2.67. The SMILES string of the molecule is C=C(C)[C@H]1OCC[C@H]1C(=O)N[C@@H]1C[C@H](OCC)C12CCOCC2. The third-order valence-corrected chi connectivity index (χ3v) is 5.81. The maximum absolute atomic E-state index is 12.7. The molecule has 2 saturated heterocycles. The van der Waals surface area contributed by atoms with E-state index < -0.39 is 0 Å². The van der Waals surface area contributed by atoms with Gasteiger partial charge in [0.15, 0.2) is 0 Å². The Hall–Kier alpha value is -0.910. The quantitative estimate of drug-likeness (QED) is 0.787. The van der Waals surface area contributed by atoms with E-state index in [4.69, 9.17) is 14.2 Å². The predicted molar refractivity (Wildman–Crippen MR) is 87.1 cm³/mol. The van der Waals surface area contributed by atoms with E-state index in [0.717, 1.165) is 51.1 Å². The van der Waals surface area contributed by atoms with Crippen molar-refractivity contribution in [3.8, 4) is 0 Å². The summed E-state index contributed by atoms with van der Waals surface area (Å²) in [5.41, 5.74) is 0.992. The number of hydrogen-bond donors (Lipinski definition) is 1. The van der Waals surface area contributed by atoms with Gasteiger partial charge in [0.2, 0.25) is 5.91 Å². The van der Waals surface area contributed by atoms with Crippen molar-refractivity contribution in [2.24, 2.45) is 11.3 Å². The molecule has 23 heavy (non-hydrogen) atoms. The smallest absolute Gasteiger partial charge is 0.226 e. The van der Waals surface area contributed by atoms with E-state index in [2.05, 4.69) is 11.9 Å². The van der Waals surface area contributed by atoms with Gasteiger partial charge in [-0.1, -0.05) is 12.2 Å². The molecular weight excluding hydrogens is 294 g/mol. The molecule has 3 fully saturated rings. The summed E-state index contributed by atoms with van der Waals surface area (Å²) in [5.74, 6) is 0.0110. The summed E-state index contributed by atoms with van der Waals surface area (Å²) in [6.07, 6.45) is 3.73. The Morgan fingerprint density at radius 2 is 2.09 bits per heavy atom. The number of carbonyl (C=O) groups is 1. The Labute approximate surface area is 138 Å². The number of amides is 1. The molecule has 0 bridgehead atoms. The molecule has 0 unspecified atom stereocenters.